The van der Waals surface area contributed by atoms with Crippen molar-refractivity contribution in [3.05, 3.63) is 29.8 Å². The highest BCUT2D eigenvalue weighted by Crippen LogP contribution is 2.18. The van der Waals surface area contributed by atoms with E-state index in [0.29, 0.717) is 0 Å². The normalized spacial score (nSPS) is 17.4. The number of rotatable bonds is 5. The molecular weight excluding hydrogens is 318 g/mol. The first-order chi connectivity index (χ1) is 10.8. The average molecular weight is 339 g/mol. The SMILES string of the molecule is CCC(C)NC(=O)c1cccc(S(=O)(=O)N2CCNC(=O)C2)c1. The lowest BCUT2D eigenvalue weighted by Gasteiger charge is -2.26. The van der Waals surface area contributed by atoms with E-state index in [-0.39, 0.29) is 47.9 Å². The minimum atomic E-state index is -3.79. The number of piperazine rings is 1. The highest BCUT2D eigenvalue weighted by atomic mass is 32.2. The van der Waals surface area contributed by atoms with Crippen LogP contribution in [0, 0.1) is 0 Å². The Bertz CT molecular complexity index is 702. The van der Waals surface area contributed by atoms with Crippen LogP contribution in [0.5, 0.6) is 0 Å². The molecule has 126 valence electrons. The molecule has 23 heavy (non-hydrogen) atoms. The van der Waals surface area contributed by atoms with E-state index in [9.17, 15) is 18.0 Å². The highest BCUT2D eigenvalue weighted by Gasteiger charge is 2.29. The van der Waals surface area contributed by atoms with E-state index in [0.717, 1.165) is 10.7 Å². The number of nitrogens with one attached hydrogen (secondary N) is 2. The lowest BCUT2D eigenvalue weighted by Crippen LogP contribution is -2.49. The van der Waals surface area contributed by atoms with Gasteiger partial charge in [0.25, 0.3) is 5.91 Å². The maximum atomic E-state index is 12.6. The first-order valence-electron chi connectivity index (χ1n) is 7.52. The van der Waals surface area contributed by atoms with Crippen LogP contribution >= 0.6 is 0 Å². The standard InChI is InChI=1S/C15H21N3O4S/c1-3-11(2)17-15(20)12-5-4-6-13(9-12)23(21,22)18-8-7-16-14(19)10-18/h4-6,9,11H,3,7-8,10H2,1-2H3,(H,16,19)(H,17,20). The van der Waals surface area contributed by atoms with Gasteiger partial charge in [-0.05, 0) is 31.5 Å². The van der Waals surface area contributed by atoms with Crippen LogP contribution in [0.4, 0.5) is 0 Å². The number of hydrogen-bond donors (Lipinski definition) is 2. The fourth-order valence-corrected chi connectivity index (χ4v) is 3.62. The smallest absolute Gasteiger partial charge is 0.251 e. The molecule has 0 aliphatic carbocycles. The van der Waals surface area contributed by atoms with Crippen LogP contribution in [0.1, 0.15) is 30.6 Å². The molecule has 1 aliphatic rings. The Morgan fingerprint density at radius 2 is 2.17 bits per heavy atom. The minimum Gasteiger partial charge on any atom is -0.354 e. The van der Waals surface area contributed by atoms with E-state index in [4.69, 9.17) is 0 Å². The molecule has 1 saturated heterocycles. The van der Waals surface area contributed by atoms with Gasteiger partial charge in [0.15, 0.2) is 0 Å². The Labute approximate surface area is 136 Å². The molecule has 1 aromatic rings. The first-order valence-corrected chi connectivity index (χ1v) is 8.96. The molecule has 2 amide bonds. The van der Waals surface area contributed by atoms with Crippen molar-refractivity contribution in [1.29, 1.82) is 0 Å². The number of nitrogens with zero attached hydrogens (tertiary/aromatic N) is 1. The largest absolute Gasteiger partial charge is 0.354 e. The van der Waals surface area contributed by atoms with Gasteiger partial charge in [-0.1, -0.05) is 13.0 Å². The van der Waals surface area contributed by atoms with Crippen LogP contribution in [-0.4, -0.2) is 50.2 Å². The van der Waals surface area contributed by atoms with Gasteiger partial charge in [0.1, 0.15) is 0 Å². The summed E-state index contributed by atoms with van der Waals surface area (Å²) >= 11 is 0. The first kappa shape index (κ1) is 17.4. The number of benzene rings is 1. The summed E-state index contributed by atoms with van der Waals surface area (Å²) in [4.78, 5) is 23.6. The van der Waals surface area contributed by atoms with Gasteiger partial charge in [-0.2, -0.15) is 4.31 Å². The second-order valence-electron chi connectivity index (χ2n) is 5.50. The average Bonchev–Trinajstić information content (AvgIpc) is 2.54. The van der Waals surface area contributed by atoms with E-state index < -0.39 is 10.0 Å². The predicted molar refractivity (Wildman–Crippen MR) is 85.4 cm³/mol. The van der Waals surface area contributed by atoms with Crippen molar-refractivity contribution < 1.29 is 18.0 Å². The van der Waals surface area contributed by atoms with E-state index in [1.54, 1.807) is 6.07 Å². The molecule has 2 rings (SSSR count). The second-order valence-corrected chi connectivity index (χ2v) is 7.44. The molecule has 0 spiro atoms. The molecule has 8 heteroatoms. The molecule has 1 unspecified atom stereocenters. The zero-order valence-corrected chi connectivity index (χ0v) is 14.0. The van der Waals surface area contributed by atoms with Crippen molar-refractivity contribution in [2.24, 2.45) is 0 Å². The van der Waals surface area contributed by atoms with Gasteiger partial charge in [0, 0.05) is 24.7 Å². The van der Waals surface area contributed by atoms with Gasteiger partial charge < -0.3 is 10.6 Å². The zero-order valence-electron chi connectivity index (χ0n) is 13.2. The number of hydrogen-bond acceptors (Lipinski definition) is 4. The van der Waals surface area contributed by atoms with Crippen molar-refractivity contribution in [2.45, 2.75) is 31.2 Å². The van der Waals surface area contributed by atoms with Crippen molar-refractivity contribution in [3.8, 4) is 0 Å². The van der Waals surface area contributed by atoms with Gasteiger partial charge in [0.05, 0.1) is 11.4 Å². The van der Waals surface area contributed by atoms with Gasteiger partial charge in [-0.3, -0.25) is 9.59 Å². The van der Waals surface area contributed by atoms with Crippen LogP contribution in [0.3, 0.4) is 0 Å². The summed E-state index contributed by atoms with van der Waals surface area (Å²) < 4.78 is 26.3. The summed E-state index contributed by atoms with van der Waals surface area (Å²) in [6.07, 6.45) is 0.784. The molecule has 1 aromatic carbocycles. The number of carbonyl (C=O) groups excluding carboxylic acids is 2. The van der Waals surface area contributed by atoms with E-state index in [2.05, 4.69) is 10.6 Å². The van der Waals surface area contributed by atoms with Crippen LogP contribution in [-0.2, 0) is 14.8 Å². The van der Waals surface area contributed by atoms with Crippen LogP contribution in [0.15, 0.2) is 29.2 Å². The third kappa shape index (κ3) is 4.08. The monoisotopic (exact) mass is 339 g/mol. The van der Waals surface area contributed by atoms with Gasteiger partial charge in [-0.25, -0.2) is 8.42 Å². The molecule has 7 nitrogen and oxygen atoms in total. The molecule has 0 radical (unpaired) electrons. The molecule has 1 heterocycles. The molecule has 1 aliphatic heterocycles. The van der Waals surface area contributed by atoms with Crippen molar-refractivity contribution >= 4 is 21.8 Å². The predicted octanol–water partition coefficient (Wildman–Crippen LogP) is 0.335. The summed E-state index contributed by atoms with van der Waals surface area (Å²) in [6, 6.07) is 5.89. The Kier molecular flexibility index (Phi) is 5.38. The van der Waals surface area contributed by atoms with Crippen LogP contribution in [0.25, 0.3) is 0 Å². The third-order valence-corrected chi connectivity index (χ3v) is 5.57. The van der Waals surface area contributed by atoms with Gasteiger partial charge in [0.2, 0.25) is 15.9 Å². The molecule has 0 saturated carbocycles. The molecular formula is C15H21N3O4S. The van der Waals surface area contributed by atoms with Crippen molar-refractivity contribution in [3.63, 3.8) is 0 Å². The Morgan fingerprint density at radius 3 is 2.83 bits per heavy atom. The number of sulfonamides is 1. The fourth-order valence-electron chi connectivity index (χ4n) is 2.18. The molecule has 1 atom stereocenters. The number of carbonyl (C=O) groups is 2. The zero-order chi connectivity index (χ0) is 17.0. The van der Waals surface area contributed by atoms with Crippen molar-refractivity contribution in [2.75, 3.05) is 19.6 Å². The van der Waals surface area contributed by atoms with Crippen molar-refractivity contribution in [1.82, 2.24) is 14.9 Å². The molecule has 1 fully saturated rings. The second kappa shape index (κ2) is 7.10. The summed E-state index contributed by atoms with van der Waals surface area (Å²) in [5.41, 5.74) is 0.285. The topological polar surface area (TPSA) is 95.6 Å². The molecule has 2 N–H and O–H groups in total. The fraction of sp³-hybridized carbons (Fsp3) is 0.467. The van der Waals surface area contributed by atoms with E-state index >= 15 is 0 Å². The van der Waals surface area contributed by atoms with Gasteiger partial charge >= 0.3 is 0 Å². The summed E-state index contributed by atoms with van der Waals surface area (Å²) in [5, 5.41) is 5.38. The lowest BCUT2D eigenvalue weighted by molar-refractivity contribution is -0.122. The highest BCUT2D eigenvalue weighted by molar-refractivity contribution is 7.89. The Hall–Kier alpha value is -1.93. The Morgan fingerprint density at radius 1 is 1.43 bits per heavy atom. The van der Waals surface area contributed by atoms with Crippen LogP contribution in [0.2, 0.25) is 0 Å². The molecule has 0 aromatic heterocycles. The Balaban J connectivity index is 2.24. The van der Waals surface area contributed by atoms with E-state index in [1.165, 1.54) is 18.2 Å². The quantitative estimate of drug-likeness (QED) is 0.808. The molecule has 0 bridgehead atoms. The van der Waals surface area contributed by atoms with Gasteiger partial charge in [-0.15, -0.1) is 0 Å². The lowest BCUT2D eigenvalue weighted by atomic mass is 10.2. The third-order valence-electron chi connectivity index (χ3n) is 3.73. The maximum Gasteiger partial charge on any atom is 0.251 e. The van der Waals surface area contributed by atoms with E-state index in [1.807, 2.05) is 13.8 Å². The maximum absolute atomic E-state index is 12.6. The summed E-state index contributed by atoms with van der Waals surface area (Å²) in [5.74, 6) is -0.640. The minimum absolute atomic E-state index is 0.00792. The van der Waals surface area contributed by atoms with Crippen LogP contribution < -0.4 is 10.6 Å². The number of amides is 2. The summed E-state index contributed by atoms with van der Waals surface area (Å²) in [7, 11) is -3.79. The summed E-state index contributed by atoms with van der Waals surface area (Å²) in [6.45, 7) is 4.13.